The molecular weight excluding hydrogens is 264 g/mol. The molecule has 98 valence electrons. The number of halogens is 1. The molecule has 0 saturated heterocycles. The molecule has 0 fully saturated rings. The van der Waals surface area contributed by atoms with Crippen molar-refractivity contribution in [3.63, 3.8) is 0 Å². The number of fused-ring (bicyclic) bond motifs is 1. The summed E-state index contributed by atoms with van der Waals surface area (Å²) in [6, 6.07) is 5.13. The zero-order chi connectivity index (χ0) is 13.4. The number of aryl methyl sites for hydroxylation is 1. The Labute approximate surface area is 116 Å². The van der Waals surface area contributed by atoms with E-state index in [4.69, 9.17) is 16.3 Å². The predicted molar refractivity (Wildman–Crippen MR) is 71.7 cm³/mol. The van der Waals surface area contributed by atoms with E-state index in [1.807, 2.05) is 11.5 Å². The van der Waals surface area contributed by atoms with Crippen molar-refractivity contribution in [2.24, 2.45) is 0 Å². The van der Waals surface area contributed by atoms with Crippen molar-refractivity contribution in [2.45, 2.75) is 26.0 Å². The molecule has 1 aliphatic rings. The van der Waals surface area contributed by atoms with Gasteiger partial charge in [-0.05, 0) is 25.1 Å². The second-order valence-corrected chi connectivity index (χ2v) is 4.92. The van der Waals surface area contributed by atoms with Crippen molar-refractivity contribution < 1.29 is 9.53 Å². The van der Waals surface area contributed by atoms with Gasteiger partial charge < -0.3 is 9.30 Å². The lowest BCUT2D eigenvalue weighted by Gasteiger charge is -2.25. The third-order valence-electron chi connectivity index (χ3n) is 3.30. The van der Waals surface area contributed by atoms with E-state index >= 15 is 0 Å². The largest absolute Gasteiger partial charge is 0.483 e. The molecule has 0 radical (unpaired) electrons. The van der Waals surface area contributed by atoms with Gasteiger partial charge in [-0.1, -0.05) is 11.6 Å². The number of carbonyl (C=O) groups excluding carboxylic acids is 1. The molecule has 0 bridgehead atoms. The smallest absolute Gasteiger partial charge is 0.170 e. The van der Waals surface area contributed by atoms with Gasteiger partial charge in [0.2, 0.25) is 0 Å². The van der Waals surface area contributed by atoms with Crippen LogP contribution < -0.4 is 4.74 Å². The van der Waals surface area contributed by atoms with Gasteiger partial charge in [-0.15, -0.1) is 0 Å². The third kappa shape index (κ3) is 2.12. The normalized spacial score (nSPS) is 18.0. The summed E-state index contributed by atoms with van der Waals surface area (Å²) in [5.41, 5.74) is 1.49. The van der Waals surface area contributed by atoms with Crippen LogP contribution in [0.3, 0.4) is 0 Å². The first-order chi connectivity index (χ1) is 9.19. The second-order valence-electron chi connectivity index (χ2n) is 4.48. The maximum absolute atomic E-state index is 12.2. The van der Waals surface area contributed by atoms with Crippen LogP contribution in [0.5, 0.6) is 5.75 Å². The van der Waals surface area contributed by atoms with Crippen molar-refractivity contribution in [2.75, 3.05) is 0 Å². The highest BCUT2D eigenvalue weighted by atomic mass is 35.5. The summed E-state index contributed by atoms with van der Waals surface area (Å²) < 4.78 is 7.89. The van der Waals surface area contributed by atoms with Gasteiger partial charge in [0.25, 0.3) is 0 Å². The highest BCUT2D eigenvalue weighted by molar-refractivity contribution is 6.31. The third-order valence-corrected chi connectivity index (χ3v) is 3.53. The topological polar surface area (TPSA) is 44.1 Å². The SMILES string of the molecule is CCn1cncc1C1CC(=O)c2cc(Cl)ccc2O1. The Morgan fingerprint density at radius 3 is 3.16 bits per heavy atom. The maximum atomic E-state index is 12.2. The standard InChI is InChI=1S/C14H13ClN2O2/c1-2-17-8-16-7-11(17)14-6-12(18)10-5-9(15)3-4-13(10)19-14/h3-5,7-8,14H,2,6H2,1H3. The Kier molecular flexibility index (Phi) is 3.03. The molecule has 0 amide bonds. The molecule has 2 heterocycles. The van der Waals surface area contributed by atoms with E-state index in [1.165, 1.54) is 0 Å². The van der Waals surface area contributed by atoms with Gasteiger partial charge in [0.05, 0.1) is 30.2 Å². The number of hydrogen-bond acceptors (Lipinski definition) is 3. The number of rotatable bonds is 2. The fourth-order valence-corrected chi connectivity index (χ4v) is 2.50. The number of imidazole rings is 1. The minimum Gasteiger partial charge on any atom is -0.483 e. The highest BCUT2D eigenvalue weighted by Crippen LogP contribution is 2.35. The number of hydrogen-bond donors (Lipinski definition) is 0. The summed E-state index contributed by atoms with van der Waals surface area (Å²) in [6.45, 7) is 2.83. The quantitative estimate of drug-likeness (QED) is 0.846. The summed E-state index contributed by atoms with van der Waals surface area (Å²) >= 11 is 5.90. The average molecular weight is 277 g/mol. The average Bonchev–Trinajstić information content (AvgIpc) is 2.87. The van der Waals surface area contributed by atoms with E-state index in [2.05, 4.69) is 4.98 Å². The number of benzene rings is 1. The Hall–Kier alpha value is -1.81. The first-order valence-electron chi connectivity index (χ1n) is 6.18. The fraction of sp³-hybridized carbons (Fsp3) is 0.286. The molecule has 4 nitrogen and oxygen atoms in total. The van der Waals surface area contributed by atoms with Crippen LogP contribution in [0.1, 0.15) is 35.5 Å². The molecule has 1 aromatic carbocycles. The number of ketones is 1. The van der Waals surface area contributed by atoms with Crippen LogP contribution in [-0.4, -0.2) is 15.3 Å². The molecule has 1 unspecified atom stereocenters. The second kappa shape index (κ2) is 4.70. The van der Waals surface area contributed by atoms with Crippen molar-refractivity contribution in [1.29, 1.82) is 0 Å². The molecule has 2 aromatic rings. The maximum Gasteiger partial charge on any atom is 0.170 e. The highest BCUT2D eigenvalue weighted by Gasteiger charge is 2.29. The van der Waals surface area contributed by atoms with Crippen LogP contribution in [0, 0.1) is 0 Å². The molecule has 1 aliphatic heterocycles. The molecular formula is C14H13ClN2O2. The minimum absolute atomic E-state index is 0.0533. The zero-order valence-electron chi connectivity index (χ0n) is 10.5. The molecule has 19 heavy (non-hydrogen) atoms. The van der Waals surface area contributed by atoms with Crippen molar-refractivity contribution in [1.82, 2.24) is 9.55 Å². The Morgan fingerprint density at radius 1 is 1.53 bits per heavy atom. The number of ether oxygens (including phenoxy) is 1. The van der Waals surface area contributed by atoms with E-state index < -0.39 is 0 Å². The van der Waals surface area contributed by atoms with Gasteiger partial charge in [-0.25, -0.2) is 4.98 Å². The molecule has 1 aromatic heterocycles. The number of aromatic nitrogens is 2. The first kappa shape index (κ1) is 12.2. The van der Waals surface area contributed by atoms with E-state index in [-0.39, 0.29) is 11.9 Å². The van der Waals surface area contributed by atoms with Gasteiger partial charge in [-0.2, -0.15) is 0 Å². The van der Waals surface area contributed by atoms with Crippen LogP contribution in [0.2, 0.25) is 5.02 Å². The molecule has 0 N–H and O–H groups in total. The van der Waals surface area contributed by atoms with E-state index in [9.17, 15) is 4.79 Å². The van der Waals surface area contributed by atoms with Gasteiger partial charge in [0, 0.05) is 11.6 Å². The Balaban J connectivity index is 1.97. The van der Waals surface area contributed by atoms with Crippen molar-refractivity contribution in [3.05, 3.63) is 47.0 Å². The molecule has 0 spiro atoms. The van der Waals surface area contributed by atoms with Gasteiger partial charge in [0.15, 0.2) is 5.78 Å². The summed E-state index contributed by atoms with van der Waals surface area (Å²) in [7, 11) is 0. The summed E-state index contributed by atoms with van der Waals surface area (Å²) in [6.07, 6.45) is 3.55. The number of Topliss-reactive ketones (excluding diaryl/α,β-unsaturated/α-hetero) is 1. The summed E-state index contributed by atoms with van der Waals surface area (Å²) in [5.74, 6) is 0.645. The van der Waals surface area contributed by atoms with Crippen LogP contribution >= 0.6 is 11.6 Å². The van der Waals surface area contributed by atoms with Crippen molar-refractivity contribution >= 4 is 17.4 Å². The lowest BCUT2D eigenvalue weighted by atomic mass is 9.99. The van der Waals surface area contributed by atoms with E-state index in [0.29, 0.717) is 22.8 Å². The van der Waals surface area contributed by atoms with Crippen LogP contribution in [-0.2, 0) is 6.54 Å². The minimum atomic E-state index is -0.274. The molecule has 5 heteroatoms. The summed E-state index contributed by atoms with van der Waals surface area (Å²) in [4.78, 5) is 16.3. The lowest BCUT2D eigenvalue weighted by Crippen LogP contribution is -2.22. The van der Waals surface area contributed by atoms with E-state index in [1.54, 1.807) is 30.7 Å². The van der Waals surface area contributed by atoms with Crippen molar-refractivity contribution in [3.8, 4) is 5.75 Å². The molecule has 0 saturated carbocycles. The van der Waals surface area contributed by atoms with Gasteiger partial charge >= 0.3 is 0 Å². The Bertz CT molecular complexity index is 636. The van der Waals surface area contributed by atoms with Crippen LogP contribution in [0.25, 0.3) is 0 Å². The van der Waals surface area contributed by atoms with Crippen LogP contribution in [0.15, 0.2) is 30.7 Å². The number of nitrogens with zero attached hydrogens (tertiary/aromatic N) is 2. The molecule has 1 atom stereocenters. The summed E-state index contributed by atoms with van der Waals surface area (Å²) in [5, 5.41) is 0.549. The predicted octanol–water partition coefficient (Wildman–Crippen LogP) is 3.26. The number of carbonyl (C=O) groups is 1. The zero-order valence-corrected chi connectivity index (χ0v) is 11.2. The first-order valence-corrected chi connectivity index (χ1v) is 6.56. The lowest BCUT2D eigenvalue weighted by molar-refractivity contribution is 0.0840. The monoisotopic (exact) mass is 276 g/mol. The van der Waals surface area contributed by atoms with Crippen LogP contribution in [0.4, 0.5) is 0 Å². The fourth-order valence-electron chi connectivity index (χ4n) is 2.32. The van der Waals surface area contributed by atoms with Gasteiger partial charge in [0.1, 0.15) is 11.9 Å². The van der Waals surface area contributed by atoms with Gasteiger partial charge in [-0.3, -0.25) is 4.79 Å². The molecule has 0 aliphatic carbocycles. The molecule has 3 rings (SSSR count). The van der Waals surface area contributed by atoms with E-state index in [0.717, 1.165) is 12.2 Å². The Morgan fingerprint density at radius 2 is 2.37 bits per heavy atom.